The maximum Gasteiger partial charge on any atom is 0.263 e. The molecule has 0 bridgehead atoms. The van der Waals surface area contributed by atoms with Crippen molar-refractivity contribution in [3.63, 3.8) is 0 Å². The largest absolute Gasteiger partial charge is 0.340 e. The van der Waals surface area contributed by atoms with Crippen LogP contribution in [0.15, 0.2) is 41.3 Å². The highest BCUT2D eigenvalue weighted by molar-refractivity contribution is 8.13. The number of benzene rings is 2. The van der Waals surface area contributed by atoms with Gasteiger partial charge in [-0.3, -0.25) is 0 Å². The van der Waals surface area contributed by atoms with E-state index in [9.17, 15) is 12.8 Å². The average molecular weight is 412 g/mol. The van der Waals surface area contributed by atoms with E-state index in [2.05, 4.69) is 0 Å². The molecule has 0 spiro atoms. The highest BCUT2D eigenvalue weighted by Gasteiger charge is 2.45. The lowest BCUT2D eigenvalue weighted by molar-refractivity contribution is -0.131. The van der Waals surface area contributed by atoms with Crippen molar-refractivity contribution in [1.82, 2.24) is 0 Å². The second-order valence-electron chi connectivity index (χ2n) is 5.00. The minimum absolute atomic E-state index is 0.0203. The first-order valence-corrected chi connectivity index (χ1v) is 9.79. The normalized spacial score (nSPS) is 17.2. The fourth-order valence-corrected chi connectivity index (χ4v) is 4.66. The Hall–Kier alpha value is -0.890. The molecule has 1 aliphatic heterocycles. The topological polar surface area (TPSA) is 52.6 Å². The molecular formula is C15H10Cl3FO4S. The van der Waals surface area contributed by atoms with Gasteiger partial charge < -0.3 is 9.47 Å². The lowest BCUT2D eigenvalue weighted by atomic mass is 9.97. The van der Waals surface area contributed by atoms with Crippen molar-refractivity contribution in [3.05, 3.63) is 63.4 Å². The van der Waals surface area contributed by atoms with Crippen molar-refractivity contribution >= 4 is 42.9 Å². The summed E-state index contributed by atoms with van der Waals surface area (Å²) in [4.78, 5) is -0.399. The van der Waals surface area contributed by atoms with E-state index in [0.29, 0.717) is 5.56 Å². The average Bonchev–Trinajstić information content (AvgIpc) is 3.00. The highest BCUT2D eigenvalue weighted by Crippen LogP contribution is 2.45. The lowest BCUT2D eigenvalue weighted by Crippen LogP contribution is -2.30. The third-order valence-electron chi connectivity index (χ3n) is 3.57. The zero-order chi connectivity index (χ0) is 17.5. The number of rotatable bonds is 3. The van der Waals surface area contributed by atoms with Crippen molar-refractivity contribution < 1.29 is 22.3 Å². The molecule has 0 radical (unpaired) electrons. The van der Waals surface area contributed by atoms with Gasteiger partial charge in [-0.15, -0.1) is 0 Å². The third-order valence-corrected chi connectivity index (χ3v) is 5.86. The van der Waals surface area contributed by atoms with Crippen LogP contribution in [0.3, 0.4) is 0 Å². The molecule has 1 aliphatic rings. The zero-order valence-corrected chi connectivity index (χ0v) is 15.0. The standard InChI is InChI=1S/C15H10Cl3FO4S/c16-12-6-5-11(14(13(12)17)24(18,20)21)15(22-7-8-23-15)9-1-3-10(19)4-2-9/h1-6H,7-8H2. The first-order chi connectivity index (χ1) is 11.3. The maximum atomic E-state index is 13.2. The van der Waals surface area contributed by atoms with Gasteiger partial charge in [0.1, 0.15) is 10.7 Å². The van der Waals surface area contributed by atoms with E-state index in [4.69, 9.17) is 43.4 Å². The molecule has 0 saturated carbocycles. The second-order valence-corrected chi connectivity index (χ2v) is 8.28. The van der Waals surface area contributed by atoms with Gasteiger partial charge in [-0.25, -0.2) is 12.8 Å². The molecule has 1 fully saturated rings. The molecule has 128 valence electrons. The highest BCUT2D eigenvalue weighted by atomic mass is 35.7. The zero-order valence-electron chi connectivity index (χ0n) is 11.9. The summed E-state index contributed by atoms with van der Waals surface area (Å²) in [5.41, 5.74) is 0.484. The summed E-state index contributed by atoms with van der Waals surface area (Å²) >= 11 is 12.0. The van der Waals surface area contributed by atoms with Gasteiger partial charge in [0.15, 0.2) is 0 Å². The van der Waals surface area contributed by atoms with E-state index in [-0.39, 0.29) is 28.8 Å². The van der Waals surface area contributed by atoms with Gasteiger partial charge in [-0.05, 0) is 18.2 Å². The Morgan fingerprint density at radius 2 is 1.58 bits per heavy atom. The summed E-state index contributed by atoms with van der Waals surface area (Å²) in [6.45, 7) is 0.415. The molecule has 0 aliphatic carbocycles. The van der Waals surface area contributed by atoms with Crippen LogP contribution in [0.2, 0.25) is 10.0 Å². The Labute approximate surface area is 152 Å². The van der Waals surface area contributed by atoms with Gasteiger partial charge in [0.05, 0.1) is 23.3 Å². The fraction of sp³-hybridized carbons (Fsp3) is 0.200. The summed E-state index contributed by atoms with van der Waals surface area (Å²) in [7, 11) is 1.30. The van der Waals surface area contributed by atoms with Gasteiger partial charge >= 0.3 is 0 Å². The van der Waals surface area contributed by atoms with E-state index in [1.807, 2.05) is 0 Å². The first kappa shape index (κ1) is 17.9. The summed E-state index contributed by atoms with van der Waals surface area (Å²) in [6.07, 6.45) is 0. The predicted octanol–water partition coefficient (Wildman–Crippen LogP) is 4.31. The molecule has 1 saturated heterocycles. The number of ether oxygens (including phenoxy) is 2. The first-order valence-electron chi connectivity index (χ1n) is 6.73. The van der Waals surface area contributed by atoms with Crippen molar-refractivity contribution in [2.75, 3.05) is 13.2 Å². The molecule has 3 rings (SSSR count). The van der Waals surface area contributed by atoms with Crippen molar-refractivity contribution in [2.24, 2.45) is 0 Å². The smallest absolute Gasteiger partial charge is 0.263 e. The summed E-state index contributed by atoms with van der Waals surface area (Å²) in [6, 6.07) is 8.14. The Morgan fingerprint density at radius 3 is 2.12 bits per heavy atom. The SMILES string of the molecule is O=S(=O)(Cl)c1c(C2(c3ccc(F)cc3)OCCO2)ccc(Cl)c1Cl. The van der Waals surface area contributed by atoms with Crippen LogP contribution in [0, 0.1) is 5.82 Å². The number of halogens is 4. The van der Waals surface area contributed by atoms with Gasteiger partial charge in [0, 0.05) is 21.8 Å². The Kier molecular flexibility index (Phi) is 4.81. The monoisotopic (exact) mass is 410 g/mol. The lowest BCUT2D eigenvalue weighted by Gasteiger charge is -2.30. The summed E-state index contributed by atoms with van der Waals surface area (Å²) in [5.74, 6) is -2.02. The van der Waals surface area contributed by atoms with Crippen LogP contribution < -0.4 is 0 Å². The molecule has 2 aromatic carbocycles. The van der Waals surface area contributed by atoms with Crippen LogP contribution >= 0.6 is 33.9 Å². The van der Waals surface area contributed by atoms with E-state index in [1.165, 1.54) is 36.4 Å². The predicted molar refractivity (Wildman–Crippen MR) is 88.6 cm³/mol. The van der Waals surface area contributed by atoms with Crippen LogP contribution in [0.4, 0.5) is 4.39 Å². The molecule has 0 atom stereocenters. The van der Waals surface area contributed by atoms with Gasteiger partial charge in [0.2, 0.25) is 5.79 Å². The molecule has 4 nitrogen and oxygen atoms in total. The Morgan fingerprint density at radius 1 is 1.00 bits per heavy atom. The maximum absolute atomic E-state index is 13.2. The van der Waals surface area contributed by atoms with Crippen LogP contribution in [0.1, 0.15) is 11.1 Å². The number of hydrogen-bond donors (Lipinski definition) is 0. The Bertz CT molecular complexity index is 878. The van der Waals surface area contributed by atoms with Gasteiger partial charge in [0.25, 0.3) is 9.05 Å². The van der Waals surface area contributed by atoms with Crippen LogP contribution in [0.25, 0.3) is 0 Å². The molecule has 2 aromatic rings. The number of hydrogen-bond acceptors (Lipinski definition) is 4. The van der Waals surface area contributed by atoms with Gasteiger partial charge in [-0.2, -0.15) is 0 Å². The molecule has 9 heteroatoms. The van der Waals surface area contributed by atoms with Crippen LogP contribution in [0.5, 0.6) is 0 Å². The van der Waals surface area contributed by atoms with Crippen LogP contribution in [-0.2, 0) is 24.3 Å². The van der Waals surface area contributed by atoms with Gasteiger partial charge in [-0.1, -0.05) is 41.4 Å². The molecule has 24 heavy (non-hydrogen) atoms. The van der Waals surface area contributed by atoms with Crippen molar-refractivity contribution in [1.29, 1.82) is 0 Å². The summed E-state index contributed by atoms with van der Waals surface area (Å²) < 4.78 is 48.8. The van der Waals surface area contributed by atoms with Crippen LogP contribution in [-0.4, -0.2) is 21.6 Å². The minimum atomic E-state index is -4.26. The third kappa shape index (κ3) is 3.03. The summed E-state index contributed by atoms with van der Waals surface area (Å²) in [5, 5.41) is -0.211. The van der Waals surface area contributed by atoms with E-state index < -0.39 is 25.6 Å². The molecule has 1 heterocycles. The molecule has 0 unspecified atom stereocenters. The molecule has 0 amide bonds. The molecule has 0 N–H and O–H groups in total. The van der Waals surface area contributed by atoms with Crippen molar-refractivity contribution in [3.8, 4) is 0 Å². The van der Waals surface area contributed by atoms with E-state index in [1.54, 1.807) is 0 Å². The molecule has 0 aromatic heterocycles. The minimum Gasteiger partial charge on any atom is -0.340 e. The fourth-order valence-electron chi connectivity index (χ4n) is 2.59. The second kappa shape index (κ2) is 6.44. The molecular weight excluding hydrogens is 402 g/mol. The van der Waals surface area contributed by atoms with Crippen molar-refractivity contribution in [2.45, 2.75) is 10.7 Å². The quantitative estimate of drug-likeness (QED) is 0.706. The van der Waals surface area contributed by atoms with E-state index >= 15 is 0 Å². The van der Waals surface area contributed by atoms with E-state index in [0.717, 1.165) is 0 Å². The Balaban J connectivity index is 2.32.